The molecule has 0 aliphatic heterocycles. The largest absolute Gasteiger partial charge is 0.506 e. The van der Waals surface area contributed by atoms with Crippen molar-refractivity contribution in [1.29, 1.82) is 0 Å². The lowest BCUT2D eigenvalue weighted by Gasteiger charge is -2.21. The van der Waals surface area contributed by atoms with Gasteiger partial charge in [-0.1, -0.05) is 0 Å². The van der Waals surface area contributed by atoms with E-state index in [9.17, 15) is 22.7 Å². The molecule has 1 aromatic carbocycles. The zero-order chi connectivity index (χ0) is 15.8. The van der Waals surface area contributed by atoms with E-state index in [0.29, 0.717) is 22.0 Å². The third-order valence-corrected chi connectivity index (χ3v) is 3.71. The molecule has 0 aliphatic rings. The zero-order valence-corrected chi connectivity index (χ0v) is 11.8. The Morgan fingerprint density at radius 1 is 1.33 bits per heavy atom. The van der Waals surface area contributed by atoms with E-state index in [1.54, 1.807) is 18.2 Å². The molecule has 0 amide bonds. The Bertz CT molecular complexity index is 691. The molecule has 0 spiro atoms. The number of alkyl halides is 4. The fourth-order valence-corrected chi connectivity index (χ4v) is 2.48. The molecule has 0 bridgehead atoms. The van der Waals surface area contributed by atoms with Crippen molar-refractivity contribution in [2.24, 2.45) is 0 Å². The van der Waals surface area contributed by atoms with Gasteiger partial charge in [-0.2, -0.15) is 17.6 Å². The van der Waals surface area contributed by atoms with E-state index in [-0.39, 0.29) is 11.9 Å². The second-order valence-corrected chi connectivity index (χ2v) is 5.44. The molecule has 2 aromatic rings. The minimum absolute atomic E-state index is 0.000298. The summed E-state index contributed by atoms with van der Waals surface area (Å²) in [6.45, 7) is 0.0419. The molecular formula is C13H11F4NO2S. The van der Waals surface area contributed by atoms with E-state index >= 15 is 0 Å². The summed E-state index contributed by atoms with van der Waals surface area (Å²) in [6, 6.07) is 4.86. The van der Waals surface area contributed by atoms with Crippen molar-refractivity contribution in [3.63, 3.8) is 0 Å². The van der Waals surface area contributed by atoms with Crippen molar-refractivity contribution in [3.8, 4) is 5.75 Å². The number of rotatable bonds is 4. The Hall–Kier alpha value is -1.83. The number of halogens is 4. The van der Waals surface area contributed by atoms with Crippen molar-refractivity contribution in [2.75, 3.05) is 7.11 Å². The zero-order valence-electron chi connectivity index (χ0n) is 11.0. The number of aliphatic hydroxyl groups excluding tert-OH is 1. The first-order valence-corrected chi connectivity index (χ1v) is 6.58. The number of benzene rings is 1. The highest BCUT2D eigenvalue weighted by atomic mass is 32.1. The van der Waals surface area contributed by atoms with Crippen LogP contribution >= 0.6 is 11.3 Å². The van der Waals surface area contributed by atoms with Crippen LogP contribution < -0.4 is 4.74 Å². The molecule has 0 atom stereocenters. The topological polar surface area (TPSA) is 42.4 Å². The van der Waals surface area contributed by atoms with Gasteiger partial charge in [0.2, 0.25) is 0 Å². The molecular weight excluding hydrogens is 310 g/mol. The quantitative estimate of drug-likeness (QED) is 0.666. The number of hydrogen-bond acceptors (Lipinski definition) is 4. The molecule has 1 N–H and O–H groups in total. The van der Waals surface area contributed by atoms with Crippen LogP contribution in [0.4, 0.5) is 17.6 Å². The molecule has 0 aliphatic carbocycles. The molecule has 0 fully saturated rings. The average molecular weight is 321 g/mol. The predicted octanol–water partition coefficient (Wildman–Crippen LogP) is 4.49. The Morgan fingerprint density at radius 2 is 2.00 bits per heavy atom. The SMILES string of the molecule is COc1ccc2nc(C=C(O)C(F)(F)C(C)(F)F)sc2c1. The van der Waals surface area contributed by atoms with E-state index in [0.717, 1.165) is 11.3 Å². The van der Waals surface area contributed by atoms with Crippen LogP contribution in [0.3, 0.4) is 0 Å². The summed E-state index contributed by atoms with van der Waals surface area (Å²) in [5.74, 6) is -10.2. The van der Waals surface area contributed by atoms with Gasteiger partial charge in [-0.25, -0.2) is 4.98 Å². The summed E-state index contributed by atoms with van der Waals surface area (Å²) >= 11 is 0.976. The lowest BCUT2D eigenvalue weighted by atomic mass is 10.1. The van der Waals surface area contributed by atoms with Gasteiger partial charge in [0, 0.05) is 13.0 Å². The summed E-state index contributed by atoms with van der Waals surface area (Å²) in [6.07, 6.45) is 0.550. The predicted molar refractivity (Wildman–Crippen MR) is 72.3 cm³/mol. The molecule has 3 nitrogen and oxygen atoms in total. The maximum atomic E-state index is 13.3. The molecule has 1 heterocycles. The number of aromatic nitrogens is 1. The van der Waals surface area contributed by atoms with Crippen LogP contribution in [-0.2, 0) is 0 Å². The molecule has 0 unspecified atom stereocenters. The average Bonchev–Trinajstić information content (AvgIpc) is 2.78. The van der Waals surface area contributed by atoms with Gasteiger partial charge < -0.3 is 9.84 Å². The first-order valence-electron chi connectivity index (χ1n) is 5.76. The van der Waals surface area contributed by atoms with Gasteiger partial charge in [0.05, 0.1) is 17.3 Å². The van der Waals surface area contributed by atoms with Gasteiger partial charge in [-0.15, -0.1) is 11.3 Å². The highest BCUT2D eigenvalue weighted by Crippen LogP contribution is 2.39. The fraction of sp³-hybridized carbons (Fsp3) is 0.308. The highest BCUT2D eigenvalue weighted by molar-refractivity contribution is 7.19. The summed E-state index contributed by atoms with van der Waals surface area (Å²) in [5.41, 5.74) is 0.492. The number of aliphatic hydroxyl groups is 1. The minimum atomic E-state index is -4.65. The van der Waals surface area contributed by atoms with E-state index in [2.05, 4.69) is 4.98 Å². The molecule has 0 saturated heterocycles. The lowest BCUT2D eigenvalue weighted by molar-refractivity contribution is -0.188. The summed E-state index contributed by atoms with van der Waals surface area (Å²) in [4.78, 5) is 3.97. The standard InChI is InChI=1S/C13H11F4NO2S/c1-12(14,15)13(16,17)10(19)6-11-18-8-4-3-7(20-2)5-9(8)21-11/h3-6,19H,1-2H3. The monoisotopic (exact) mass is 321 g/mol. The number of thiazole rings is 1. The van der Waals surface area contributed by atoms with Gasteiger partial charge in [0.25, 0.3) is 0 Å². The number of ether oxygens (including phenoxy) is 1. The van der Waals surface area contributed by atoms with Crippen molar-refractivity contribution in [1.82, 2.24) is 4.98 Å². The number of hydrogen-bond donors (Lipinski definition) is 1. The summed E-state index contributed by atoms with van der Waals surface area (Å²) in [5, 5.41) is 9.26. The summed E-state index contributed by atoms with van der Waals surface area (Å²) < 4.78 is 57.7. The molecule has 8 heteroatoms. The molecule has 2 rings (SSSR count). The molecule has 114 valence electrons. The number of nitrogens with zero attached hydrogens (tertiary/aromatic N) is 1. The maximum absolute atomic E-state index is 13.3. The molecule has 21 heavy (non-hydrogen) atoms. The second-order valence-electron chi connectivity index (χ2n) is 4.38. The maximum Gasteiger partial charge on any atom is 0.365 e. The Labute approximate surface area is 121 Å². The van der Waals surface area contributed by atoms with Crippen LogP contribution in [0.5, 0.6) is 5.75 Å². The lowest BCUT2D eigenvalue weighted by Crippen LogP contribution is -2.39. The second kappa shape index (κ2) is 5.18. The number of fused-ring (bicyclic) bond motifs is 1. The molecule has 0 radical (unpaired) electrons. The first kappa shape index (κ1) is 15.6. The third-order valence-electron chi connectivity index (χ3n) is 2.75. The Kier molecular flexibility index (Phi) is 3.83. The van der Waals surface area contributed by atoms with Crippen LogP contribution in [-0.4, -0.2) is 29.0 Å². The first-order chi connectivity index (χ1) is 9.65. The van der Waals surface area contributed by atoms with E-state index in [1.807, 2.05) is 0 Å². The minimum Gasteiger partial charge on any atom is -0.506 e. The smallest absolute Gasteiger partial charge is 0.365 e. The van der Waals surface area contributed by atoms with Gasteiger partial charge >= 0.3 is 11.8 Å². The van der Waals surface area contributed by atoms with Gasteiger partial charge in [-0.3, -0.25) is 0 Å². The molecule has 1 aromatic heterocycles. The van der Waals surface area contributed by atoms with Gasteiger partial charge in [0.1, 0.15) is 10.8 Å². The Balaban J connectivity index is 2.41. The van der Waals surface area contributed by atoms with Crippen LogP contribution in [0, 0.1) is 0 Å². The van der Waals surface area contributed by atoms with Crippen molar-refractivity contribution in [3.05, 3.63) is 29.0 Å². The fourth-order valence-electron chi connectivity index (χ4n) is 1.54. The number of allylic oxidation sites excluding steroid dienone is 1. The van der Waals surface area contributed by atoms with Crippen molar-refractivity contribution >= 4 is 27.6 Å². The number of methoxy groups -OCH3 is 1. The normalized spacial score (nSPS) is 13.7. The Morgan fingerprint density at radius 3 is 2.57 bits per heavy atom. The van der Waals surface area contributed by atoms with E-state index in [1.165, 1.54) is 7.11 Å². The van der Waals surface area contributed by atoms with Crippen LogP contribution in [0.2, 0.25) is 0 Å². The van der Waals surface area contributed by atoms with Crippen LogP contribution in [0.25, 0.3) is 16.3 Å². The van der Waals surface area contributed by atoms with Gasteiger partial charge in [0.15, 0.2) is 5.76 Å². The molecule has 0 saturated carbocycles. The van der Waals surface area contributed by atoms with Gasteiger partial charge in [-0.05, 0) is 18.2 Å². The summed E-state index contributed by atoms with van der Waals surface area (Å²) in [7, 11) is 1.47. The van der Waals surface area contributed by atoms with Crippen LogP contribution in [0.15, 0.2) is 24.0 Å². The third kappa shape index (κ3) is 2.94. The van der Waals surface area contributed by atoms with E-state index < -0.39 is 17.6 Å². The van der Waals surface area contributed by atoms with E-state index in [4.69, 9.17) is 4.74 Å². The van der Waals surface area contributed by atoms with Crippen molar-refractivity contribution in [2.45, 2.75) is 18.8 Å². The van der Waals surface area contributed by atoms with Crippen LogP contribution in [0.1, 0.15) is 11.9 Å². The van der Waals surface area contributed by atoms with Crippen molar-refractivity contribution < 1.29 is 27.4 Å². The highest BCUT2D eigenvalue weighted by Gasteiger charge is 2.55.